The summed E-state index contributed by atoms with van der Waals surface area (Å²) < 4.78 is 6.26. The third-order valence-corrected chi connectivity index (χ3v) is 6.25. The topological polar surface area (TPSA) is 84.2 Å². The zero-order chi connectivity index (χ0) is 19.3. The molecule has 5 rings (SSSR count). The molecule has 7 heteroatoms. The largest absolute Gasteiger partial charge is 0.367 e. The van der Waals surface area contributed by atoms with Crippen LogP contribution in [-0.2, 0) is 21.7 Å². The summed E-state index contributed by atoms with van der Waals surface area (Å²) in [5.74, 6) is -0.449. The van der Waals surface area contributed by atoms with E-state index in [4.69, 9.17) is 22.1 Å². The predicted molar refractivity (Wildman–Crippen MR) is 107 cm³/mol. The lowest BCUT2D eigenvalue weighted by Gasteiger charge is -2.39. The quantitative estimate of drug-likeness (QED) is 0.711. The molecule has 1 aromatic carbocycles. The number of primary amides is 1. The number of carbonyl (C=O) groups is 1. The van der Waals surface area contributed by atoms with Crippen molar-refractivity contribution in [1.82, 2.24) is 14.9 Å². The highest BCUT2D eigenvalue weighted by molar-refractivity contribution is 6.30. The predicted octanol–water partition coefficient (Wildman–Crippen LogP) is 3.26. The number of hydrogen-bond acceptors (Lipinski definition) is 4. The number of ether oxygens (including phenoxy) is 1. The number of H-pyrrole nitrogens is 1. The number of aromatic nitrogens is 2. The van der Waals surface area contributed by atoms with E-state index >= 15 is 0 Å². The van der Waals surface area contributed by atoms with Crippen molar-refractivity contribution in [3.05, 3.63) is 64.6 Å². The molecular formula is C21H21ClN4O2. The van der Waals surface area contributed by atoms with Crippen molar-refractivity contribution >= 4 is 28.4 Å². The first-order valence-corrected chi connectivity index (χ1v) is 9.83. The van der Waals surface area contributed by atoms with Crippen LogP contribution in [0.15, 0.2) is 42.9 Å². The SMILES string of the molecule is NC(=O)[C@@H]1OC2(CCN(Cc3c[nH]c4cnccc34)CC2)c2cc(Cl)ccc21. The van der Waals surface area contributed by atoms with E-state index < -0.39 is 17.6 Å². The van der Waals surface area contributed by atoms with Crippen LogP contribution in [-0.4, -0.2) is 33.9 Å². The van der Waals surface area contributed by atoms with Crippen LogP contribution >= 0.6 is 11.6 Å². The summed E-state index contributed by atoms with van der Waals surface area (Å²) in [4.78, 5) is 21.8. The molecule has 1 amide bonds. The van der Waals surface area contributed by atoms with Gasteiger partial charge in [-0.1, -0.05) is 17.7 Å². The number of fused-ring (bicyclic) bond motifs is 3. The van der Waals surface area contributed by atoms with E-state index in [0.29, 0.717) is 5.02 Å². The number of nitrogens with two attached hydrogens (primary N) is 1. The van der Waals surface area contributed by atoms with E-state index in [2.05, 4.69) is 21.1 Å². The van der Waals surface area contributed by atoms with Crippen LogP contribution in [0.1, 0.15) is 35.6 Å². The van der Waals surface area contributed by atoms with Crippen molar-refractivity contribution in [3.8, 4) is 0 Å². The first-order chi connectivity index (χ1) is 13.6. The van der Waals surface area contributed by atoms with Crippen LogP contribution < -0.4 is 5.73 Å². The molecule has 3 aromatic rings. The van der Waals surface area contributed by atoms with Crippen LogP contribution in [0.2, 0.25) is 5.02 Å². The molecule has 4 heterocycles. The number of amides is 1. The van der Waals surface area contributed by atoms with Crippen molar-refractivity contribution in [2.45, 2.75) is 31.1 Å². The van der Waals surface area contributed by atoms with E-state index in [9.17, 15) is 4.79 Å². The third-order valence-electron chi connectivity index (χ3n) is 6.02. The molecule has 6 nitrogen and oxygen atoms in total. The van der Waals surface area contributed by atoms with Gasteiger partial charge in [0.25, 0.3) is 5.91 Å². The lowest BCUT2D eigenvalue weighted by molar-refractivity contribution is -0.148. The van der Waals surface area contributed by atoms with Crippen molar-refractivity contribution < 1.29 is 9.53 Å². The number of likely N-dealkylation sites (tertiary alicyclic amines) is 1. The molecule has 1 atom stereocenters. The third kappa shape index (κ3) is 2.80. The number of piperidine rings is 1. The lowest BCUT2D eigenvalue weighted by Crippen LogP contribution is -2.42. The van der Waals surface area contributed by atoms with E-state index in [1.54, 1.807) is 6.07 Å². The van der Waals surface area contributed by atoms with Gasteiger partial charge in [0.2, 0.25) is 0 Å². The lowest BCUT2D eigenvalue weighted by atomic mass is 9.83. The first-order valence-electron chi connectivity index (χ1n) is 9.45. The van der Waals surface area contributed by atoms with E-state index in [0.717, 1.165) is 49.1 Å². The van der Waals surface area contributed by atoms with Gasteiger partial charge in [-0.3, -0.25) is 14.7 Å². The molecule has 1 spiro atoms. The highest BCUT2D eigenvalue weighted by Gasteiger charge is 2.48. The van der Waals surface area contributed by atoms with E-state index in [1.807, 2.05) is 30.6 Å². The molecule has 0 radical (unpaired) electrons. The number of rotatable bonds is 3. The molecule has 1 saturated heterocycles. The number of carbonyl (C=O) groups excluding carboxylic acids is 1. The molecule has 144 valence electrons. The Balaban J connectivity index is 1.37. The second kappa shape index (κ2) is 6.58. The number of nitrogens with zero attached hydrogens (tertiary/aromatic N) is 2. The standard InChI is InChI=1S/C21H21ClN4O2/c22-14-1-2-16-17(9-14)21(28-19(16)20(23)27)4-7-26(8-5-21)12-13-10-25-18-11-24-6-3-15(13)18/h1-3,6,9-11,19,25H,4-5,7-8,12H2,(H2,23,27)/t19-/m1/s1. The Labute approximate surface area is 167 Å². The van der Waals surface area contributed by atoms with Gasteiger partial charge in [-0.25, -0.2) is 0 Å². The molecule has 0 bridgehead atoms. The molecule has 1 fully saturated rings. The number of halogens is 1. The van der Waals surface area contributed by atoms with Gasteiger partial charge in [0.15, 0.2) is 6.10 Å². The fourth-order valence-corrected chi connectivity index (χ4v) is 4.75. The summed E-state index contributed by atoms with van der Waals surface area (Å²) in [6.45, 7) is 2.60. The zero-order valence-electron chi connectivity index (χ0n) is 15.3. The number of hydrogen-bond donors (Lipinski definition) is 2. The Morgan fingerprint density at radius 1 is 1.36 bits per heavy atom. The summed E-state index contributed by atoms with van der Waals surface area (Å²) in [6.07, 6.45) is 6.63. The molecule has 0 aliphatic carbocycles. The summed E-state index contributed by atoms with van der Waals surface area (Å²) in [7, 11) is 0. The van der Waals surface area contributed by atoms with E-state index in [1.165, 1.54) is 10.9 Å². The fraction of sp³-hybridized carbons (Fsp3) is 0.333. The minimum absolute atomic E-state index is 0.449. The summed E-state index contributed by atoms with van der Waals surface area (Å²) in [6, 6.07) is 7.64. The second-order valence-corrected chi connectivity index (χ2v) is 8.07. The van der Waals surface area contributed by atoms with Gasteiger partial charge >= 0.3 is 0 Å². The van der Waals surface area contributed by atoms with Crippen molar-refractivity contribution in [1.29, 1.82) is 0 Å². The molecule has 2 aromatic heterocycles. The Hall–Kier alpha value is -2.41. The second-order valence-electron chi connectivity index (χ2n) is 7.64. The van der Waals surface area contributed by atoms with Gasteiger partial charge in [0.1, 0.15) is 0 Å². The maximum atomic E-state index is 11.9. The zero-order valence-corrected chi connectivity index (χ0v) is 16.1. The summed E-state index contributed by atoms with van der Waals surface area (Å²) in [5.41, 5.74) is 9.30. The van der Waals surface area contributed by atoms with Gasteiger partial charge < -0.3 is 15.5 Å². The Kier molecular flexibility index (Phi) is 4.16. The normalized spacial score (nSPS) is 21.2. The Morgan fingerprint density at radius 3 is 2.96 bits per heavy atom. The van der Waals surface area contributed by atoms with Gasteiger partial charge in [-0.05, 0) is 47.7 Å². The highest BCUT2D eigenvalue weighted by Crippen LogP contribution is 2.50. The summed E-state index contributed by atoms with van der Waals surface area (Å²) in [5, 5.41) is 1.86. The highest BCUT2D eigenvalue weighted by atomic mass is 35.5. The van der Waals surface area contributed by atoms with E-state index in [-0.39, 0.29) is 0 Å². The minimum Gasteiger partial charge on any atom is -0.367 e. The van der Waals surface area contributed by atoms with Crippen LogP contribution in [0.3, 0.4) is 0 Å². The maximum Gasteiger partial charge on any atom is 0.251 e. The number of nitrogens with one attached hydrogen (secondary N) is 1. The molecule has 0 unspecified atom stereocenters. The molecule has 3 N–H and O–H groups in total. The van der Waals surface area contributed by atoms with Crippen LogP contribution in [0.5, 0.6) is 0 Å². The van der Waals surface area contributed by atoms with Crippen molar-refractivity contribution in [3.63, 3.8) is 0 Å². The molecule has 0 saturated carbocycles. The average molecular weight is 397 g/mol. The minimum atomic E-state index is -0.695. The first kappa shape index (κ1) is 17.7. The van der Waals surface area contributed by atoms with Crippen LogP contribution in [0.4, 0.5) is 0 Å². The van der Waals surface area contributed by atoms with Gasteiger partial charge in [0, 0.05) is 42.4 Å². The Morgan fingerprint density at radius 2 is 2.18 bits per heavy atom. The van der Waals surface area contributed by atoms with Crippen LogP contribution in [0, 0.1) is 0 Å². The molecular weight excluding hydrogens is 376 g/mol. The van der Waals surface area contributed by atoms with Gasteiger partial charge in [-0.15, -0.1) is 0 Å². The summed E-state index contributed by atoms with van der Waals surface area (Å²) >= 11 is 6.24. The number of aromatic amines is 1. The molecule has 2 aliphatic rings. The maximum absolute atomic E-state index is 11.9. The number of benzene rings is 1. The van der Waals surface area contributed by atoms with Gasteiger partial charge in [-0.2, -0.15) is 0 Å². The Bertz CT molecular complexity index is 1060. The number of pyridine rings is 1. The van der Waals surface area contributed by atoms with Crippen molar-refractivity contribution in [2.75, 3.05) is 13.1 Å². The van der Waals surface area contributed by atoms with Gasteiger partial charge in [0.05, 0.1) is 17.3 Å². The monoisotopic (exact) mass is 396 g/mol. The smallest absolute Gasteiger partial charge is 0.251 e. The molecule has 28 heavy (non-hydrogen) atoms. The fourth-order valence-electron chi connectivity index (χ4n) is 4.58. The molecule has 2 aliphatic heterocycles. The average Bonchev–Trinajstić information content (AvgIpc) is 3.24. The van der Waals surface area contributed by atoms with Crippen molar-refractivity contribution in [2.24, 2.45) is 5.73 Å². The van der Waals surface area contributed by atoms with Crippen LogP contribution in [0.25, 0.3) is 10.9 Å².